The lowest BCUT2D eigenvalue weighted by atomic mass is 9.97. The van der Waals surface area contributed by atoms with Crippen LogP contribution < -0.4 is 5.14 Å². The van der Waals surface area contributed by atoms with Gasteiger partial charge in [0.25, 0.3) is 0 Å². The number of carbonyl (C=O) groups excluding carboxylic acids is 1. The molecule has 2 aromatic heterocycles. The molecule has 0 spiro atoms. The summed E-state index contributed by atoms with van der Waals surface area (Å²) in [6.45, 7) is 1.48. The zero-order chi connectivity index (χ0) is 24.7. The Morgan fingerprint density at radius 2 is 1.94 bits per heavy atom. The van der Waals surface area contributed by atoms with Gasteiger partial charge in [-0.2, -0.15) is 5.10 Å². The van der Waals surface area contributed by atoms with Crippen molar-refractivity contribution in [2.75, 3.05) is 0 Å². The summed E-state index contributed by atoms with van der Waals surface area (Å²) in [5, 5.41) is 12.4. The number of nitrogens with two attached hydrogens (primary N) is 1. The van der Waals surface area contributed by atoms with Crippen LogP contribution in [0.1, 0.15) is 47.1 Å². The van der Waals surface area contributed by atoms with Crippen LogP contribution in [0.5, 0.6) is 0 Å². The molecule has 2 heterocycles. The van der Waals surface area contributed by atoms with Gasteiger partial charge in [-0.15, -0.1) is 11.3 Å². The van der Waals surface area contributed by atoms with Crippen LogP contribution >= 0.6 is 11.3 Å². The third-order valence-electron chi connectivity index (χ3n) is 6.03. The first-order valence-electron chi connectivity index (χ1n) is 11.1. The molecule has 0 aliphatic heterocycles. The molecule has 180 valence electrons. The molecule has 1 fully saturated rings. The summed E-state index contributed by atoms with van der Waals surface area (Å²) >= 11 is 1.35. The molecule has 0 radical (unpaired) electrons. The molecular formula is C25H23FN4O3S2. The topological polar surface area (TPSA) is 108 Å². The van der Waals surface area contributed by atoms with Gasteiger partial charge in [0.1, 0.15) is 16.4 Å². The van der Waals surface area contributed by atoms with Crippen LogP contribution in [0.4, 0.5) is 4.39 Å². The molecule has 1 saturated carbocycles. The Balaban J connectivity index is 1.66. The molecule has 0 atom stereocenters. The van der Waals surface area contributed by atoms with E-state index in [9.17, 15) is 17.6 Å². The first-order valence-corrected chi connectivity index (χ1v) is 13.6. The van der Waals surface area contributed by atoms with Gasteiger partial charge in [-0.1, -0.05) is 36.4 Å². The van der Waals surface area contributed by atoms with Gasteiger partial charge in [0.05, 0.1) is 11.4 Å². The average molecular weight is 511 g/mol. The minimum atomic E-state index is -4.15. The summed E-state index contributed by atoms with van der Waals surface area (Å²) in [5.74, 6) is -0.465. The molecule has 0 saturated heterocycles. The number of hydrogen-bond acceptors (Lipinski definition) is 6. The minimum Gasteiger partial charge on any atom is -0.293 e. The predicted molar refractivity (Wildman–Crippen MR) is 132 cm³/mol. The highest BCUT2D eigenvalue weighted by Gasteiger charge is 2.29. The third-order valence-corrected chi connectivity index (χ3v) is 7.79. The number of aromatic nitrogens is 3. The van der Waals surface area contributed by atoms with Gasteiger partial charge in [0, 0.05) is 29.9 Å². The summed E-state index contributed by atoms with van der Waals surface area (Å²) in [6, 6.07) is 13.7. The molecule has 2 N–H and O–H groups in total. The van der Waals surface area contributed by atoms with Crippen molar-refractivity contribution in [1.82, 2.24) is 14.8 Å². The van der Waals surface area contributed by atoms with Crippen LogP contribution in [0.15, 0.2) is 58.8 Å². The van der Waals surface area contributed by atoms with Crippen LogP contribution in [-0.2, 0) is 22.9 Å². The lowest BCUT2D eigenvalue weighted by molar-refractivity contribution is 0.101. The zero-order valence-electron chi connectivity index (χ0n) is 18.9. The van der Waals surface area contributed by atoms with Gasteiger partial charge in [-0.05, 0) is 42.9 Å². The van der Waals surface area contributed by atoms with E-state index in [-0.39, 0.29) is 5.78 Å². The maximum Gasteiger partial charge on any atom is 0.240 e. The number of primary sulfonamides is 1. The number of halogens is 1. The van der Waals surface area contributed by atoms with Crippen LogP contribution in [-0.4, -0.2) is 29.0 Å². The monoisotopic (exact) mass is 510 g/mol. The second-order valence-corrected chi connectivity index (χ2v) is 11.1. The molecule has 1 aliphatic rings. The summed E-state index contributed by atoms with van der Waals surface area (Å²) in [6.07, 6.45) is 3.38. The Hall–Kier alpha value is -3.21. The highest BCUT2D eigenvalue weighted by atomic mass is 32.2. The van der Waals surface area contributed by atoms with Crippen molar-refractivity contribution in [2.24, 2.45) is 11.1 Å². The fourth-order valence-electron chi connectivity index (χ4n) is 4.07. The Labute approximate surface area is 206 Å². The zero-order valence-corrected chi connectivity index (χ0v) is 20.6. The van der Waals surface area contributed by atoms with E-state index in [4.69, 9.17) is 10.2 Å². The largest absolute Gasteiger partial charge is 0.293 e. The van der Waals surface area contributed by atoms with Crippen molar-refractivity contribution >= 4 is 27.1 Å². The van der Waals surface area contributed by atoms with Crippen molar-refractivity contribution in [3.8, 4) is 16.4 Å². The third kappa shape index (κ3) is 4.95. The standard InChI is InChI=1S/C25H23FN4O3S2/c1-15(31)21-14-34-25(28-21)30-22(13-16-7-8-16)19(24(29-30)18-5-3-2-4-6-18)11-17-9-10-23(20(26)12-17)35(27,32)33/h2-6,9-10,12,14,16H,7-8,11,13H2,1H3,(H2,27,32,33). The summed E-state index contributed by atoms with van der Waals surface area (Å²) in [5.41, 5.74) is 4.53. The van der Waals surface area contributed by atoms with Gasteiger partial charge < -0.3 is 0 Å². The molecule has 1 aliphatic carbocycles. The average Bonchev–Trinajstić information content (AvgIpc) is 3.36. The quantitative estimate of drug-likeness (QED) is 0.351. The first-order chi connectivity index (χ1) is 16.7. The van der Waals surface area contributed by atoms with Crippen molar-refractivity contribution in [1.29, 1.82) is 0 Å². The summed E-state index contributed by atoms with van der Waals surface area (Å²) < 4.78 is 39.7. The molecular weight excluding hydrogens is 487 g/mol. The molecule has 10 heteroatoms. The number of Topliss-reactive ketones (excluding diaryl/α,β-unsaturated/α-hetero) is 1. The van der Waals surface area contributed by atoms with E-state index < -0.39 is 20.7 Å². The van der Waals surface area contributed by atoms with Gasteiger partial charge >= 0.3 is 0 Å². The molecule has 4 aromatic rings. The molecule has 0 amide bonds. The molecule has 7 nitrogen and oxygen atoms in total. The van der Waals surface area contributed by atoms with Crippen molar-refractivity contribution in [3.05, 3.63) is 82.2 Å². The van der Waals surface area contributed by atoms with E-state index in [0.29, 0.717) is 28.7 Å². The molecule has 35 heavy (non-hydrogen) atoms. The van der Waals surface area contributed by atoms with Crippen molar-refractivity contribution in [3.63, 3.8) is 0 Å². The second kappa shape index (κ2) is 9.10. The van der Waals surface area contributed by atoms with Crippen molar-refractivity contribution in [2.45, 2.75) is 37.5 Å². The molecule has 0 bridgehead atoms. The van der Waals surface area contributed by atoms with Crippen LogP contribution in [0, 0.1) is 11.7 Å². The number of thiazole rings is 1. The fourth-order valence-corrected chi connectivity index (χ4v) is 5.50. The van der Waals surface area contributed by atoms with Crippen molar-refractivity contribution < 1.29 is 17.6 Å². The smallest absolute Gasteiger partial charge is 0.240 e. The first kappa shape index (κ1) is 23.5. The van der Waals surface area contributed by atoms with Gasteiger partial charge in [-0.25, -0.2) is 27.6 Å². The van der Waals surface area contributed by atoms with Gasteiger partial charge in [-0.3, -0.25) is 4.79 Å². The molecule has 0 unspecified atom stereocenters. The number of carbonyl (C=O) groups is 1. The highest BCUT2D eigenvalue weighted by molar-refractivity contribution is 7.89. The summed E-state index contributed by atoms with van der Waals surface area (Å²) in [7, 11) is -4.15. The maximum absolute atomic E-state index is 14.6. The van der Waals surface area contributed by atoms with Gasteiger partial charge in [0.15, 0.2) is 5.78 Å². The lowest BCUT2D eigenvalue weighted by Gasteiger charge is -2.10. The van der Waals surface area contributed by atoms with Crippen LogP contribution in [0.2, 0.25) is 0 Å². The molecule has 5 rings (SSSR count). The normalized spacial score (nSPS) is 13.8. The number of rotatable bonds is 8. The van der Waals surface area contributed by atoms with E-state index in [1.54, 1.807) is 11.4 Å². The maximum atomic E-state index is 14.6. The van der Waals surface area contributed by atoms with E-state index in [0.717, 1.165) is 41.8 Å². The Kier molecular flexibility index (Phi) is 6.12. The Bertz CT molecular complexity index is 1520. The Morgan fingerprint density at radius 1 is 1.20 bits per heavy atom. The lowest BCUT2D eigenvalue weighted by Crippen LogP contribution is -2.14. The fraction of sp³-hybridized carbons (Fsp3) is 0.240. The van der Waals surface area contributed by atoms with E-state index in [2.05, 4.69) is 4.98 Å². The minimum absolute atomic E-state index is 0.114. The molecule has 2 aromatic carbocycles. The highest BCUT2D eigenvalue weighted by Crippen LogP contribution is 2.38. The van der Waals surface area contributed by atoms with E-state index in [1.165, 1.54) is 30.4 Å². The van der Waals surface area contributed by atoms with E-state index >= 15 is 0 Å². The number of hydrogen-bond donors (Lipinski definition) is 1. The predicted octanol–water partition coefficient (Wildman–Crippen LogP) is 4.53. The van der Waals surface area contributed by atoms with Gasteiger partial charge in [0.2, 0.25) is 15.2 Å². The van der Waals surface area contributed by atoms with Crippen LogP contribution in [0.3, 0.4) is 0 Å². The second-order valence-electron chi connectivity index (χ2n) is 8.76. The number of benzene rings is 2. The number of sulfonamides is 1. The van der Waals surface area contributed by atoms with E-state index in [1.807, 2.05) is 35.0 Å². The summed E-state index contributed by atoms with van der Waals surface area (Å²) in [4.78, 5) is 15.8. The SMILES string of the molecule is CC(=O)c1csc(-n2nc(-c3ccccc3)c(Cc3ccc(S(N)(=O)=O)c(F)c3)c2CC2CC2)n1. The number of ketones is 1. The Morgan fingerprint density at radius 3 is 2.54 bits per heavy atom. The van der Waals surface area contributed by atoms with Crippen LogP contribution in [0.25, 0.3) is 16.4 Å². The number of nitrogens with zero attached hydrogens (tertiary/aromatic N) is 3.